The number of carbonyl (C=O) groups is 2. The van der Waals surface area contributed by atoms with Gasteiger partial charge in [-0.1, -0.05) is 0 Å². The van der Waals surface area contributed by atoms with Crippen LogP contribution in [0.25, 0.3) is 0 Å². The molecule has 2 aromatic carbocycles. The predicted octanol–water partition coefficient (Wildman–Crippen LogP) is 4.31. The van der Waals surface area contributed by atoms with Crippen LogP contribution in [0.3, 0.4) is 0 Å². The van der Waals surface area contributed by atoms with Crippen LogP contribution in [0.2, 0.25) is 0 Å². The Hall–Kier alpha value is -2.96. The van der Waals surface area contributed by atoms with Gasteiger partial charge in [-0.3, -0.25) is 4.79 Å². The largest absolute Gasteiger partial charge is 0.349 e. The van der Waals surface area contributed by atoms with Gasteiger partial charge in [-0.2, -0.15) is 0 Å². The van der Waals surface area contributed by atoms with Crippen molar-refractivity contribution >= 4 is 17.6 Å². The minimum Gasteiger partial charge on any atom is -0.349 e. The molecule has 0 spiro atoms. The first-order valence-corrected chi connectivity index (χ1v) is 9.91. The Labute approximate surface area is 168 Å². The van der Waals surface area contributed by atoms with E-state index in [-0.39, 0.29) is 41.7 Å². The summed E-state index contributed by atoms with van der Waals surface area (Å²) in [4.78, 5) is 27.2. The third-order valence-corrected chi connectivity index (χ3v) is 5.75. The fraction of sp³-hybridized carbons (Fsp3) is 0.364. The SMILES string of the molecule is O=C(NC1C[C@H]2CCC[C@H](C1)N2C(=O)Nc1ccc(F)cc1)c1ccc(F)cc1. The van der Waals surface area contributed by atoms with Crippen LogP contribution in [0, 0.1) is 11.6 Å². The Morgan fingerprint density at radius 2 is 1.41 bits per heavy atom. The van der Waals surface area contributed by atoms with E-state index < -0.39 is 0 Å². The smallest absolute Gasteiger partial charge is 0.322 e. The highest BCUT2D eigenvalue weighted by Crippen LogP contribution is 2.34. The Morgan fingerprint density at radius 1 is 0.862 bits per heavy atom. The van der Waals surface area contributed by atoms with Gasteiger partial charge in [0, 0.05) is 29.4 Å². The number of urea groups is 1. The van der Waals surface area contributed by atoms with E-state index in [2.05, 4.69) is 10.6 Å². The fourth-order valence-electron chi connectivity index (χ4n) is 4.42. The highest BCUT2D eigenvalue weighted by Gasteiger charge is 2.41. The summed E-state index contributed by atoms with van der Waals surface area (Å²) in [6.45, 7) is 0. The molecule has 2 aliphatic heterocycles. The molecule has 0 saturated carbocycles. The molecule has 0 radical (unpaired) electrons. The molecule has 7 heteroatoms. The molecular formula is C22H23F2N3O2. The first-order chi connectivity index (χ1) is 14.0. The van der Waals surface area contributed by atoms with Crippen molar-refractivity contribution in [1.82, 2.24) is 10.2 Å². The number of piperidine rings is 2. The number of nitrogens with one attached hydrogen (secondary N) is 2. The molecule has 2 heterocycles. The maximum atomic E-state index is 13.1. The molecule has 2 fully saturated rings. The standard InChI is InChI=1S/C22H23F2N3O2/c23-15-6-4-14(5-7-15)21(28)25-18-12-19-2-1-3-20(13-18)27(19)22(29)26-17-10-8-16(24)9-11-17/h4-11,18-20H,1-3,12-13H2,(H,25,28)(H,26,29)/t19-,20-/m1/s1. The van der Waals surface area contributed by atoms with Gasteiger partial charge in [0.2, 0.25) is 0 Å². The highest BCUT2D eigenvalue weighted by atomic mass is 19.1. The van der Waals surface area contributed by atoms with Gasteiger partial charge in [0.25, 0.3) is 5.91 Å². The van der Waals surface area contributed by atoms with Crippen LogP contribution in [0.15, 0.2) is 48.5 Å². The van der Waals surface area contributed by atoms with E-state index in [4.69, 9.17) is 0 Å². The van der Waals surface area contributed by atoms with E-state index in [0.29, 0.717) is 24.1 Å². The average molecular weight is 399 g/mol. The monoisotopic (exact) mass is 399 g/mol. The van der Waals surface area contributed by atoms with E-state index in [0.717, 1.165) is 19.3 Å². The van der Waals surface area contributed by atoms with Gasteiger partial charge in [0.1, 0.15) is 11.6 Å². The van der Waals surface area contributed by atoms with Crippen LogP contribution >= 0.6 is 0 Å². The average Bonchev–Trinajstić information content (AvgIpc) is 2.69. The zero-order valence-electron chi connectivity index (χ0n) is 15.9. The summed E-state index contributed by atoms with van der Waals surface area (Å²) in [5.41, 5.74) is 0.981. The second-order valence-electron chi connectivity index (χ2n) is 7.73. The molecule has 2 aliphatic rings. The van der Waals surface area contributed by atoms with Crippen molar-refractivity contribution in [3.63, 3.8) is 0 Å². The summed E-state index contributed by atoms with van der Waals surface area (Å²) in [6, 6.07) is 11.1. The molecule has 29 heavy (non-hydrogen) atoms. The molecule has 2 N–H and O–H groups in total. The van der Waals surface area contributed by atoms with Crippen molar-refractivity contribution in [1.29, 1.82) is 0 Å². The summed E-state index contributed by atoms with van der Waals surface area (Å²) in [6.07, 6.45) is 4.18. The van der Waals surface area contributed by atoms with E-state index in [1.54, 1.807) is 12.1 Å². The van der Waals surface area contributed by atoms with Gasteiger partial charge in [-0.15, -0.1) is 0 Å². The van der Waals surface area contributed by atoms with Gasteiger partial charge >= 0.3 is 6.03 Å². The normalized spacial score (nSPS) is 23.4. The maximum absolute atomic E-state index is 13.1. The van der Waals surface area contributed by atoms with E-state index in [9.17, 15) is 18.4 Å². The number of amides is 3. The third-order valence-electron chi connectivity index (χ3n) is 5.75. The third kappa shape index (κ3) is 4.39. The molecule has 152 valence electrons. The van der Waals surface area contributed by atoms with Crippen LogP contribution in [-0.2, 0) is 0 Å². The van der Waals surface area contributed by atoms with Crippen molar-refractivity contribution in [2.75, 3.05) is 5.32 Å². The van der Waals surface area contributed by atoms with E-state index >= 15 is 0 Å². The molecule has 0 unspecified atom stereocenters. The lowest BCUT2D eigenvalue weighted by Crippen LogP contribution is -2.59. The number of nitrogens with zero attached hydrogens (tertiary/aromatic N) is 1. The van der Waals surface area contributed by atoms with Crippen LogP contribution in [0.1, 0.15) is 42.5 Å². The molecule has 2 bridgehead atoms. The second kappa shape index (κ2) is 8.19. The molecular weight excluding hydrogens is 376 g/mol. The lowest BCUT2D eigenvalue weighted by atomic mass is 9.82. The minimum absolute atomic E-state index is 0.0299. The van der Waals surface area contributed by atoms with Gasteiger partial charge in [0.05, 0.1) is 0 Å². The van der Waals surface area contributed by atoms with Crippen molar-refractivity contribution in [2.24, 2.45) is 0 Å². The van der Waals surface area contributed by atoms with Crippen molar-refractivity contribution in [2.45, 2.75) is 50.2 Å². The zero-order chi connectivity index (χ0) is 20.4. The number of rotatable bonds is 3. The molecule has 2 aromatic rings. The number of anilines is 1. The summed E-state index contributed by atoms with van der Waals surface area (Å²) in [7, 11) is 0. The van der Waals surface area contributed by atoms with Crippen LogP contribution in [0.4, 0.5) is 19.3 Å². The molecule has 0 aromatic heterocycles. The number of hydrogen-bond acceptors (Lipinski definition) is 2. The fourth-order valence-corrected chi connectivity index (χ4v) is 4.42. The quantitative estimate of drug-likeness (QED) is 0.808. The summed E-state index contributed by atoms with van der Waals surface area (Å²) >= 11 is 0. The van der Waals surface area contributed by atoms with E-state index in [1.165, 1.54) is 36.4 Å². The van der Waals surface area contributed by atoms with Gasteiger partial charge in [-0.25, -0.2) is 13.6 Å². The Balaban J connectivity index is 1.40. The molecule has 4 rings (SSSR count). The summed E-state index contributed by atoms with van der Waals surface area (Å²) in [5, 5.41) is 5.89. The van der Waals surface area contributed by atoms with Gasteiger partial charge < -0.3 is 15.5 Å². The number of hydrogen-bond donors (Lipinski definition) is 2. The van der Waals surface area contributed by atoms with Gasteiger partial charge in [-0.05, 0) is 80.6 Å². The van der Waals surface area contributed by atoms with Crippen molar-refractivity contribution in [3.05, 3.63) is 65.7 Å². The molecule has 2 saturated heterocycles. The Kier molecular flexibility index (Phi) is 5.47. The number of benzene rings is 2. The predicted molar refractivity (Wildman–Crippen MR) is 106 cm³/mol. The van der Waals surface area contributed by atoms with Crippen molar-refractivity contribution < 1.29 is 18.4 Å². The summed E-state index contributed by atoms with van der Waals surface area (Å²) in [5.74, 6) is -0.952. The van der Waals surface area contributed by atoms with Crippen LogP contribution < -0.4 is 10.6 Å². The second-order valence-corrected chi connectivity index (χ2v) is 7.73. The lowest BCUT2D eigenvalue weighted by molar-refractivity contribution is 0.0577. The number of carbonyl (C=O) groups excluding carboxylic acids is 2. The van der Waals surface area contributed by atoms with Crippen molar-refractivity contribution in [3.8, 4) is 0 Å². The van der Waals surface area contributed by atoms with Crippen LogP contribution in [0.5, 0.6) is 0 Å². The molecule has 2 atom stereocenters. The molecule has 0 aliphatic carbocycles. The first-order valence-electron chi connectivity index (χ1n) is 9.91. The van der Waals surface area contributed by atoms with Crippen LogP contribution in [-0.4, -0.2) is 35.0 Å². The lowest BCUT2D eigenvalue weighted by Gasteiger charge is -2.48. The first kappa shape index (κ1) is 19.4. The molecule has 5 nitrogen and oxygen atoms in total. The Morgan fingerprint density at radius 3 is 2.00 bits per heavy atom. The number of halogens is 2. The van der Waals surface area contributed by atoms with Gasteiger partial charge in [0.15, 0.2) is 0 Å². The summed E-state index contributed by atoms with van der Waals surface area (Å²) < 4.78 is 26.1. The molecule has 3 amide bonds. The zero-order valence-corrected chi connectivity index (χ0v) is 15.9. The number of fused-ring (bicyclic) bond motifs is 2. The topological polar surface area (TPSA) is 61.4 Å². The minimum atomic E-state index is -0.378. The Bertz CT molecular complexity index is 872. The maximum Gasteiger partial charge on any atom is 0.322 e. The highest BCUT2D eigenvalue weighted by molar-refractivity contribution is 5.94. The van der Waals surface area contributed by atoms with E-state index in [1.807, 2.05) is 4.90 Å².